The lowest BCUT2D eigenvalue weighted by molar-refractivity contribution is 0.0316. The predicted molar refractivity (Wildman–Crippen MR) is 125 cm³/mol. The number of carbonyl (C=O) groups excluding carboxylic acids is 1. The van der Waals surface area contributed by atoms with Gasteiger partial charge >= 0.3 is 12.1 Å². The monoisotopic (exact) mass is 458 g/mol. The van der Waals surface area contributed by atoms with Crippen molar-refractivity contribution in [3.05, 3.63) is 41.6 Å². The van der Waals surface area contributed by atoms with Gasteiger partial charge in [-0.1, -0.05) is 0 Å². The highest BCUT2D eigenvalue weighted by atomic mass is 16.6. The van der Waals surface area contributed by atoms with Crippen molar-refractivity contribution in [1.82, 2.24) is 15.1 Å². The van der Waals surface area contributed by atoms with Crippen LogP contribution in [0.5, 0.6) is 5.88 Å². The summed E-state index contributed by atoms with van der Waals surface area (Å²) in [5, 5.41) is 16.5. The summed E-state index contributed by atoms with van der Waals surface area (Å²) in [5.41, 5.74) is 1.61. The summed E-state index contributed by atoms with van der Waals surface area (Å²) in [4.78, 5) is 24.4. The standard InChI is InChI=1S/C14H16N2O4.C10H18N2O/c17-12(18)10-1-3-11(4-2-10)16-9-14(20-13(16)19)5-7-15-8-6-14;1-6-13-9-8(2)7-12(11-9)10(3,4)5/h1-4,15H,5-9H2,(H,17,18);7H,6H2,1-5H3. The molecule has 2 saturated heterocycles. The molecule has 1 aromatic heterocycles. The van der Waals surface area contributed by atoms with Gasteiger partial charge < -0.3 is 19.9 Å². The molecule has 1 amide bonds. The highest BCUT2D eigenvalue weighted by Crippen LogP contribution is 2.34. The minimum Gasteiger partial charge on any atom is -0.478 e. The number of aromatic nitrogens is 2. The third-order valence-corrected chi connectivity index (χ3v) is 5.73. The van der Waals surface area contributed by atoms with Crippen molar-refractivity contribution in [3.8, 4) is 5.88 Å². The lowest BCUT2D eigenvalue weighted by Crippen LogP contribution is -2.44. The van der Waals surface area contributed by atoms with E-state index in [9.17, 15) is 9.59 Å². The number of piperidine rings is 1. The lowest BCUT2D eigenvalue weighted by atomic mass is 9.92. The summed E-state index contributed by atoms with van der Waals surface area (Å²) in [6, 6.07) is 6.28. The minimum absolute atomic E-state index is 0.0279. The molecule has 33 heavy (non-hydrogen) atoms. The molecule has 0 radical (unpaired) electrons. The fourth-order valence-corrected chi connectivity index (χ4v) is 3.82. The predicted octanol–water partition coefficient (Wildman–Crippen LogP) is 3.81. The normalized spacial score (nSPS) is 17.4. The third kappa shape index (κ3) is 5.84. The number of hydrogen-bond donors (Lipinski definition) is 2. The number of aryl methyl sites for hydroxylation is 1. The Labute approximate surface area is 194 Å². The molecule has 0 atom stereocenters. The van der Waals surface area contributed by atoms with Gasteiger partial charge in [0.2, 0.25) is 5.88 Å². The number of carboxylic acid groups (broad SMARTS) is 1. The first kappa shape index (κ1) is 24.6. The van der Waals surface area contributed by atoms with E-state index in [1.165, 1.54) is 12.1 Å². The summed E-state index contributed by atoms with van der Waals surface area (Å²) >= 11 is 0. The molecule has 0 bridgehead atoms. The third-order valence-electron chi connectivity index (χ3n) is 5.73. The molecule has 2 aliphatic rings. The Bertz CT molecular complexity index is 972. The Hall–Kier alpha value is -3.07. The number of benzene rings is 1. The second kappa shape index (κ2) is 9.82. The Morgan fingerprint density at radius 2 is 1.88 bits per heavy atom. The zero-order valence-electron chi connectivity index (χ0n) is 20.1. The van der Waals surface area contributed by atoms with Crippen LogP contribution in [0.15, 0.2) is 30.5 Å². The van der Waals surface area contributed by atoms with Crippen LogP contribution < -0.4 is 15.0 Å². The van der Waals surface area contributed by atoms with Crippen LogP contribution in [0.4, 0.5) is 10.5 Å². The van der Waals surface area contributed by atoms with Gasteiger partial charge in [-0.25, -0.2) is 9.59 Å². The Balaban J connectivity index is 0.000000205. The minimum atomic E-state index is -0.977. The van der Waals surface area contributed by atoms with Crippen molar-refractivity contribution >= 4 is 17.7 Å². The molecule has 3 heterocycles. The fourth-order valence-electron chi connectivity index (χ4n) is 3.82. The van der Waals surface area contributed by atoms with Crippen molar-refractivity contribution in [3.63, 3.8) is 0 Å². The van der Waals surface area contributed by atoms with Crippen LogP contribution >= 0.6 is 0 Å². The van der Waals surface area contributed by atoms with Crippen molar-refractivity contribution < 1.29 is 24.2 Å². The van der Waals surface area contributed by atoms with E-state index in [0.29, 0.717) is 18.8 Å². The van der Waals surface area contributed by atoms with Gasteiger partial charge in [-0.3, -0.25) is 9.58 Å². The van der Waals surface area contributed by atoms with Crippen LogP contribution in [0.1, 0.15) is 56.5 Å². The zero-order valence-corrected chi connectivity index (χ0v) is 20.1. The topological polar surface area (TPSA) is 106 Å². The van der Waals surface area contributed by atoms with E-state index < -0.39 is 11.6 Å². The van der Waals surface area contributed by atoms with Crippen molar-refractivity contribution in [2.45, 2.75) is 58.6 Å². The second-order valence-corrected chi connectivity index (χ2v) is 9.40. The number of nitrogens with one attached hydrogen (secondary N) is 1. The highest BCUT2D eigenvalue weighted by molar-refractivity contribution is 5.92. The van der Waals surface area contributed by atoms with Gasteiger partial charge in [0.25, 0.3) is 0 Å². The SMILES string of the molecule is CCOc1nn(C(C)(C)C)cc1C.O=C(O)c1ccc(N2CC3(CCNCC3)OC2=O)cc1. The van der Waals surface area contributed by atoms with Crippen LogP contribution in [0.2, 0.25) is 0 Å². The number of hydrogen-bond acceptors (Lipinski definition) is 6. The molecule has 1 aromatic carbocycles. The Morgan fingerprint density at radius 1 is 1.24 bits per heavy atom. The number of amides is 1. The molecule has 2 aromatic rings. The van der Waals surface area contributed by atoms with Gasteiger partial charge in [0.15, 0.2) is 0 Å². The van der Waals surface area contributed by atoms with Crippen LogP contribution in [0, 0.1) is 6.92 Å². The van der Waals surface area contributed by atoms with Gasteiger partial charge in [0.1, 0.15) is 5.60 Å². The maximum Gasteiger partial charge on any atom is 0.415 e. The number of carbonyl (C=O) groups is 2. The van der Waals surface area contributed by atoms with E-state index in [1.54, 1.807) is 17.0 Å². The van der Waals surface area contributed by atoms with Crippen molar-refractivity contribution in [2.24, 2.45) is 0 Å². The van der Waals surface area contributed by atoms with Crippen LogP contribution in [-0.2, 0) is 10.3 Å². The zero-order chi connectivity index (χ0) is 24.2. The lowest BCUT2D eigenvalue weighted by Gasteiger charge is -2.31. The summed E-state index contributed by atoms with van der Waals surface area (Å²) in [5.74, 6) is -0.229. The van der Waals surface area contributed by atoms with E-state index in [4.69, 9.17) is 14.6 Å². The Kier molecular flexibility index (Phi) is 7.31. The van der Waals surface area contributed by atoms with Crippen molar-refractivity contribution in [1.29, 1.82) is 0 Å². The number of aromatic carboxylic acids is 1. The molecule has 2 aliphatic heterocycles. The smallest absolute Gasteiger partial charge is 0.415 e. The number of ether oxygens (including phenoxy) is 2. The molecule has 0 saturated carbocycles. The molecule has 2 N–H and O–H groups in total. The fraction of sp³-hybridized carbons (Fsp3) is 0.542. The quantitative estimate of drug-likeness (QED) is 0.718. The van der Waals surface area contributed by atoms with E-state index in [0.717, 1.165) is 37.4 Å². The first-order valence-corrected chi connectivity index (χ1v) is 11.3. The van der Waals surface area contributed by atoms with E-state index in [1.807, 2.05) is 24.7 Å². The van der Waals surface area contributed by atoms with E-state index >= 15 is 0 Å². The average Bonchev–Trinajstić information content (AvgIpc) is 3.29. The summed E-state index contributed by atoms with van der Waals surface area (Å²) in [6.45, 7) is 13.2. The molecule has 4 rings (SSSR count). The van der Waals surface area contributed by atoms with E-state index in [2.05, 4.69) is 31.2 Å². The van der Waals surface area contributed by atoms with Gasteiger partial charge in [-0.15, -0.1) is 5.10 Å². The van der Waals surface area contributed by atoms with Crippen molar-refractivity contribution in [2.75, 3.05) is 31.1 Å². The molecule has 0 aliphatic carbocycles. The molecule has 9 heteroatoms. The molecule has 9 nitrogen and oxygen atoms in total. The van der Waals surface area contributed by atoms with Gasteiger partial charge in [-0.05, 0) is 72.0 Å². The molecule has 180 valence electrons. The second-order valence-electron chi connectivity index (χ2n) is 9.40. The summed E-state index contributed by atoms with van der Waals surface area (Å²) < 4.78 is 12.9. The largest absolute Gasteiger partial charge is 0.478 e. The molecule has 1 spiro atoms. The molecule has 2 fully saturated rings. The van der Waals surface area contributed by atoms with Crippen LogP contribution in [0.25, 0.3) is 0 Å². The van der Waals surface area contributed by atoms with Gasteiger partial charge in [0, 0.05) is 30.3 Å². The summed E-state index contributed by atoms with van der Waals surface area (Å²) in [7, 11) is 0. The van der Waals surface area contributed by atoms with Gasteiger partial charge in [0.05, 0.1) is 24.3 Å². The van der Waals surface area contributed by atoms with Crippen LogP contribution in [-0.4, -0.2) is 58.8 Å². The molecular weight excluding hydrogens is 424 g/mol. The maximum absolute atomic E-state index is 12.0. The summed E-state index contributed by atoms with van der Waals surface area (Å²) in [6.07, 6.45) is 3.28. The number of rotatable bonds is 4. The Morgan fingerprint density at radius 3 is 2.39 bits per heavy atom. The first-order valence-electron chi connectivity index (χ1n) is 11.3. The van der Waals surface area contributed by atoms with Gasteiger partial charge in [-0.2, -0.15) is 0 Å². The van der Waals surface area contributed by atoms with Crippen LogP contribution in [0.3, 0.4) is 0 Å². The molecular formula is C24H34N4O5. The maximum atomic E-state index is 12.0. The number of carboxylic acids is 1. The number of anilines is 1. The number of nitrogens with zero attached hydrogens (tertiary/aromatic N) is 3. The average molecular weight is 459 g/mol. The first-order chi connectivity index (χ1) is 15.5. The highest BCUT2D eigenvalue weighted by Gasteiger charge is 2.46. The van der Waals surface area contributed by atoms with E-state index in [-0.39, 0.29) is 17.2 Å². The molecule has 0 unspecified atom stereocenters.